The SMILES string of the molecule is O=C1[C@H]2[C@@H](ON(c3ccccc3)[C@H]2c2ccccc2)C(=O)N1c1cccc2ccccc12. The van der Waals surface area contributed by atoms with E-state index in [9.17, 15) is 9.59 Å². The van der Waals surface area contributed by atoms with Crippen molar-refractivity contribution in [2.75, 3.05) is 9.96 Å². The van der Waals surface area contributed by atoms with Crippen LogP contribution < -0.4 is 9.96 Å². The number of rotatable bonds is 3. The van der Waals surface area contributed by atoms with Gasteiger partial charge in [-0.15, -0.1) is 0 Å². The van der Waals surface area contributed by atoms with Crippen molar-refractivity contribution in [2.24, 2.45) is 5.92 Å². The van der Waals surface area contributed by atoms with E-state index < -0.39 is 18.1 Å². The first-order valence-corrected chi connectivity index (χ1v) is 10.7. The molecule has 0 N–H and O–H groups in total. The Hall–Kier alpha value is -3.96. The van der Waals surface area contributed by atoms with Gasteiger partial charge in [-0.1, -0.05) is 84.9 Å². The molecular weight excluding hydrogens is 400 g/mol. The van der Waals surface area contributed by atoms with Crippen molar-refractivity contribution in [1.82, 2.24) is 0 Å². The van der Waals surface area contributed by atoms with E-state index in [1.54, 1.807) is 5.06 Å². The summed E-state index contributed by atoms with van der Waals surface area (Å²) in [5.74, 6) is -1.19. The highest BCUT2D eigenvalue weighted by Crippen LogP contribution is 2.48. The Bertz CT molecular complexity index is 1320. The third-order valence-corrected chi connectivity index (χ3v) is 6.27. The minimum atomic E-state index is -0.869. The van der Waals surface area contributed by atoms with Crippen LogP contribution in [0.2, 0.25) is 0 Å². The molecule has 0 aromatic heterocycles. The summed E-state index contributed by atoms with van der Waals surface area (Å²) >= 11 is 0. The summed E-state index contributed by atoms with van der Waals surface area (Å²) in [6.07, 6.45) is -0.869. The number of nitrogens with zero attached hydrogens (tertiary/aromatic N) is 2. The van der Waals surface area contributed by atoms with Gasteiger partial charge in [0, 0.05) is 5.39 Å². The van der Waals surface area contributed by atoms with Gasteiger partial charge in [-0.2, -0.15) is 0 Å². The van der Waals surface area contributed by atoms with E-state index in [0.717, 1.165) is 22.0 Å². The van der Waals surface area contributed by atoms with E-state index in [2.05, 4.69) is 0 Å². The Labute approximate surface area is 185 Å². The average Bonchev–Trinajstić information content (AvgIpc) is 3.36. The highest BCUT2D eigenvalue weighted by atomic mass is 16.7. The maximum atomic E-state index is 13.8. The predicted octanol–water partition coefficient (Wildman–Crippen LogP) is 4.89. The van der Waals surface area contributed by atoms with Crippen LogP contribution in [0, 0.1) is 5.92 Å². The highest BCUT2D eigenvalue weighted by molar-refractivity contribution is 6.26. The highest BCUT2D eigenvalue weighted by Gasteiger charge is 2.60. The Morgan fingerprint density at radius 1 is 0.656 bits per heavy atom. The van der Waals surface area contributed by atoms with Crippen LogP contribution in [0.3, 0.4) is 0 Å². The fraction of sp³-hybridized carbons (Fsp3) is 0.111. The molecule has 32 heavy (non-hydrogen) atoms. The maximum Gasteiger partial charge on any atom is 0.266 e. The number of hydrogen-bond acceptors (Lipinski definition) is 4. The second kappa shape index (κ2) is 7.32. The van der Waals surface area contributed by atoms with Gasteiger partial charge < -0.3 is 0 Å². The van der Waals surface area contributed by atoms with E-state index in [4.69, 9.17) is 4.84 Å². The Kier molecular flexibility index (Phi) is 4.30. The average molecular weight is 420 g/mol. The van der Waals surface area contributed by atoms with Gasteiger partial charge in [-0.05, 0) is 29.1 Å². The molecule has 0 bridgehead atoms. The fourth-order valence-electron chi connectivity index (χ4n) is 4.84. The number of amides is 2. The molecule has 4 aromatic rings. The quantitative estimate of drug-likeness (QED) is 0.443. The summed E-state index contributed by atoms with van der Waals surface area (Å²) < 4.78 is 0. The number of carbonyl (C=O) groups excluding carboxylic acids is 2. The van der Waals surface area contributed by atoms with Gasteiger partial charge in [0.2, 0.25) is 5.91 Å². The molecule has 2 amide bonds. The van der Waals surface area contributed by atoms with Crippen LogP contribution >= 0.6 is 0 Å². The van der Waals surface area contributed by atoms with E-state index in [-0.39, 0.29) is 11.8 Å². The molecule has 0 saturated carbocycles. The number of carbonyl (C=O) groups is 2. The van der Waals surface area contributed by atoms with Crippen molar-refractivity contribution in [1.29, 1.82) is 0 Å². The number of benzene rings is 4. The summed E-state index contributed by atoms with van der Waals surface area (Å²) in [6, 6.07) is 32.4. The van der Waals surface area contributed by atoms with Gasteiger partial charge in [-0.25, -0.2) is 9.96 Å². The number of para-hydroxylation sites is 1. The molecule has 2 aliphatic heterocycles. The Balaban J connectivity index is 1.47. The summed E-state index contributed by atoms with van der Waals surface area (Å²) in [7, 11) is 0. The molecular formula is C27H20N2O3. The van der Waals surface area contributed by atoms with Crippen LogP contribution in [-0.4, -0.2) is 17.9 Å². The van der Waals surface area contributed by atoms with E-state index in [0.29, 0.717) is 5.69 Å². The van der Waals surface area contributed by atoms with Crippen molar-refractivity contribution in [2.45, 2.75) is 12.1 Å². The molecule has 4 aromatic carbocycles. The normalized spacial score (nSPS) is 22.6. The monoisotopic (exact) mass is 420 g/mol. The van der Waals surface area contributed by atoms with Gasteiger partial charge in [0.05, 0.1) is 17.4 Å². The zero-order valence-electron chi connectivity index (χ0n) is 17.2. The molecule has 156 valence electrons. The summed E-state index contributed by atoms with van der Waals surface area (Å²) in [5.41, 5.74) is 2.35. The van der Waals surface area contributed by atoms with Crippen LogP contribution in [0.15, 0.2) is 103 Å². The van der Waals surface area contributed by atoms with Crippen LogP contribution in [-0.2, 0) is 14.4 Å². The third kappa shape index (κ3) is 2.75. The first-order chi connectivity index (χ1) is 15.7. The summed E-state index contributed by atoms with van der Waals surface area (Å²) in [4.78, 5) is 34.9. The number of hydroxylamine groups is 1. The zero-order valence-corrected chi connectivity index (χ0v) is 17.2. The molecule has 2 heterocycles. The van der Waals surface area contributed by atoms with Gasteiger partial charge in [0.25, 0.3) is 5.91 Å². The standard InChI is InChI=1S/C27H20N2O3/c30-26-23-24(19-11-3-1-4-12-19)29(20-14-5-2-6-15-20)32-25(23)27(31)28(26)22-17-9-13-18-10-7-8-16-21(18)22/h1-17,23-25H/t23-,24+,25-/m1/s1. The molecule has 3 atom stereocenters. The number of anilines is 2. The van der Waals surface area contributed by atoms with Crippen LogP contribution in [0.4, 0.5) is 11.4 Å². The minimum Gasteiger partial charge on any atom is -0.273 e. The van der Waals surface area contributed by atoms with Gasteiger partial charge in [0.1, 0.15) is 5.92 Å². The molecule has 0 aliphatic carbocycles. The third-order valence-electron chi connectivity index (χ3n) is 6.27. The molecule has 5 nitrogen and oxygen atoms in total. The molecule has 6 rings (SSSR count). The topological polar surface area (TPSA) is 49.9 Å². The van der Waals surface area contributed by atoms with Crippen LogP contribution in [0.25, 0.3) is 10.8 Å². The van der Waals surface area contributed by atoms with E-state index in [1.165, 1.54) is 4.90 Å². The van der Waals surface area contributed by atoms with Gasteiger partial charge in [0.15, 0.2) is 6.10 Å². The number of hydrogen-bond donors (Lipinski definition) is 0. The molecule has 2 saturated heterocycles. The van der Waals surface area contributed by atoms with Crippen molar-refractivity contribution < 1.29 is 14.4 Å². The van der Waals surface area contributed by atoms with Crippen molar-refractivity contribution >= 4 is 34.0 Å². The largest absolute Gasteiger partial charge is 0.273 e. The van der Waals surface area contributed by atoms with Gasteiger partial charge in [-0.3, -0.25) is 14.4 Å². The molecule has 0 radical (unpaired) electrons. The minimum absolute atomic E-state index is 0.233. The lowest BCUT2D eigenvalue weighted by Crippen LogP contribution is -2.37. The first kappa shape index (κ1) is 18.8. The second-order valence-electron chi connectivity index (χ2n) is 8.08. The lowest BCUT2D eigenvalue weighted by molar-refractivity contribution is -0.126. The maximum absolute atomic E-state index is 13.8. The molecule has 0 spiro atoms. The molecule has 0 unspecified atom stereocenters. The van der Waals surface area contributed by atoms with Crippen molar-refractivity contribution in [3.63, 3.8) is 0 Å². The molecule has 5 heteroatoms. The lowest BCUT2D eigenvalue weighted by Gasteiger charge is -2.29. The zero-order chi connectivity index (χ0) is 21.7. The van der Waals surface area contributed by atoms with Crippen LogP contribution in [0.5, 0.6) is 0 Å². The van der Waals surface area contributed by atoms with Crippen molar-refractivity contribution in [3.8, 4) is 0 Å². The lowest BCUT2D eigenvalue weighted by atomic mass is 9.90. The second-order valence-corrected chi connectivity index (χ2v) is 8.08. The van der Waals surface area contributed by atoms with Crippen molar-refractivity contribution in [3.05, 3.63) is 109 Å². The Morgan fingerprint density at radius 3 is 2.09 bits per heavy atom. The summed E-state index contributed by atoms with van der Waals surface area (Å²) in [6.45, 7) is 0. The van der Waals surface area contributed by atoms with Gasteiger partial charge >= 0.3 is 0 Å². The predicted molar refractivity (Wildman–Crippen MR) is 123 cm³/mol. The fourth-order valence-corrected chi connectivity index (χ4v) is 4.84. The number of fused-ring (bicyclic) bond motifs is 2. The van der Waals surface area contributed by atoms with E-state index >= 15 is 0 Å². The number of imide groups is 1. The smallest absolute Gasteiger partial charge is 0.266 e. The summed E-state index contributed by atoms with van der Waals surface area (Å²) in [5, 5.41) is 3.57. The first-order valence-electron chi connectivity index (χ1n) is 10.7. The Morgan fingerprint density at radius 2 is 1.31 bits per heavy atom. The van der Waals surface area contributed by atoms with Crippen LogP contribution in [0.1, 0.15) is 11.6 Å². The molecule has 2 fully saturated rings. The van der Waals surface area contributed by atoms with E-state index in [1.807, 2.05) is 103 Å². The molecule has 2 aliphatic rings.